The molecular formula is C11H8N2O. The van der Waals surface area contributed by atoms with Gasteiger partial charge in [0.2, 0.25) is 0 Å². The molecule has 2 aromatic rings. The third-order valence-electron chi connectivity index (χ3n) is 2.55. The third-order valence-corrected chi connectivity index (χ3v) is 2.55. The molecule has 1 aliphatic carbocycles. The molecule has 3 nitrogen and oxygen atoms in total. The number of aliphatic hydroxyl groups is 1. The Hall–Kier alpha value is -1.74. The first-order valence-corrected chi connectivity index (χ1v) is 4.45. The van der Waals surface area contributed by atoms with Gasteiger partial charge in [0.05, 0.1) is 5.69 Å². The normalized spacial score (nSPS) is 17.6. The highest BCUT2D eigenvalue weighted by Crippen LogP contribution is 2.40. The van der Waals surface area contributed by atoms with Crippen molar-refractivity contribution >= 4 is 0 Å². The molecule has 0 amide bonds. The zero-order valence-electron chi connectivity index (χ0n) is 7.38. The van der Waals surface area contributed by atoms with E-state index in [2.05, 4.69) is 9.97 Å². The van der Waals surface area contributed by atoms with Crippen LogP contribution in [0.3, 0.4) is 0 Å². The van der Waals surface area contributed by atoms with Gasteiger partial charge in [-0.05, 0) is 5.56 Å². The van der Waals surface area contributed by atoms with Crippen molar-refractivity contribution in [2.45, 2.75) is 6.10 Å². The van der Waals surface area contributed by atoms with Crippen molar-refractivity contribution in [3.63, 3.8) is 0 Å². The SMILES string of the molecule is OC1c2ccccc2-c2ncncc21. The highest BCUT2D eigenvalue weighted by atomic mass is 16.3. The molecule has 68 valence electrons. The highest BCUT2D eigenvalue weighted by Gasteiger charge is 2.27. The predicted octanol–water partition coefficient (Wildman–Crippen LogP) is 1.54. The molecular weight excluding hydrogens is 176 g/mol. The second kappa shape index (κ2) is 2.62. The Kier molecular flexibility index (Phi) is 1.43. The maximum Gasteiger partial charge on any atom is 0.116 e. The molecule has 0 radical (unpaired) electrons. The number of aliphatic hydroxyl groups excluding tert-OH is 1. The molecule has 0 bridgehead atoms. The van der Waals surface area contributed by atoms with Gasteiger partial charge in [-0.3, -0.25) is 0 Å². The Morgan fingerprint density at radius 2 is 2.00 bits per heavy atom. The monoisotopic (exact) mass is 184 g/mol. The van der Waals surface area contributed by atoms with Gasteiger partial charge >= 0.3 is 0 Å². The highest BCUT2D eigenvalue weighted by molar-refractivity contribution is 5.74. The maximum absolute atomic E-state index is 9.95. The van der Waals surface area contributed by atoms with Gasteiger partial charge in [0, 0.05) is 17.3 Å². The number of fused-ring (bicyclic) bond motifs is 3. The van der Waals surface area contributed by atoms with Gasteiger partial charge in [-0.2, -0.15) is 0 Å². The van der Waals surface area contributed by atoms with Gasteiger partial charge in [0.15, 0.2) is 0 Å². The van der Waals surface area contributed by atoms with Crippen molar-refractivity contribution < 1.29 is 5.11 Å². The number of hydrogen-bond donors (Lipinski definition) is 1. The molecule has 3 heteroatoms. The van der Waals surface area contributed by atoms with Gasteiger partial charge in [-0.1, -0.05) is 24.3 Å². The number of benzene rings is 1. The number of rotatable bonds is 0. The lowest BCUT2D eigenvalue weighted by molar-refractivity contribution is 0.224. The van der Waals surface area contributed by atoms with Gasteiger partial charge in [0.25, 0.3) is 0 Å². The van der Waals surface area contributed by atoms with Crippen molar-refractivity contribution in [3.05, 3.63) is 47.9 Å². The van der Waals surface area contributed by atoms with E-state index in [1.54, 1.807) is 6.20 Å². The third kappa shape index (κ3) is 0.845. The Bertz CT molecular complexity index is 451. The minimum Gasteiger partial charge on any atom is -0.383 e. The fourth-order valence-corrected chi connectivity index (χ4v) is 1.88. The molecule has 14 heavy (non-hydrogen) atoms. The van der Waals surface area contributed by atoms with Crippen molar-refractivity contribution in [3.8, 4) is 11.3 Å². The van der Waals surface area contributed by atoms with Crippen LogP contribution in [0.4, 0.5) is 0 Å². The van der Waals surface area contributed by atoms with E-state index in [1.165, 1.54) is 6.33 Å². The lowest BCUT2D eigenvalue weighted by Crippen LogP contribution is -1.94. The van der Waals surface area contributed by atoms with Crippen molar-refractivity contribution in [1.29, 1.82) is 0 Å². The van der Waals surface area contributed by atoms with E-state index in [4.69, 9.17) is 0 Å². The molecule has 1 N–H and O–H groups in total. The van der Waals surface area contributed by atoms with E-state index in [0.29, 0.717) is 0 Å². The smallest absolute Gasteiger partial charge is 0.116 e. The van der Waals surface area contributed by atoms with Crippen LogP contribution < -0.4 is 0 Å². The Morgan fingerprint density at radius 1 is 1.14 bits per heavy atom. The molecule has 0 saturated heterocycles. The lowest BCUT2D eigenvalue weighted by Gasteiger charge is -2.02. The van der Waals surface area contributed by atoms with E-state index in [0.717, 1.165) is 22.4 Å². The fraction of sp³-hybridized carbons (Fsp3) is 0.0909. The topological polar surface area (TPSA) is 46.0 Å². The van der Waals surface area contributed by atoms with Crippen LogP contribution in [0, 0.1) is 0 Å². The minimum absolute atomic E-state index is 0.567. The molecule has 0 saturated carbocycles. The van der Waals surface area contributed by atoms with E-state index < -0.39 is 6.10 Å². The fourth-order valence-electron chi connectivity index (χ4n) is 1.88. The summed E-state index contributed by atoms with van der Waals surface area (Å²) in [6.45, 7) is 0. The first kappa shape index (κ1) is 7.64. The summed E-state index contributed by atoms with van der Waals surface area (Å²) in [7, 11) is 0. The minimum atomic E-state index is -0.567. The maximum atomic E-state index is 9.95. The van der Waals surface area contributed by atoms with Gasteiger partial charge in [-0.15, -0.1) is 0 Å². The van der Waals surface area contributed by atoms with Crippen LogP contribution in [-0.4, -0.2) is 15.1 Å². The van der Waals surface area contributed by atoms with Crippen molar-refractivity contribution in [1.82, 2.24) is 9.97 Å². The second-order valence-electron chi connectivity index (χ2n) is 3.32. The first-order chi connectivity index (χ1) is 6.88. The summed E-state index contributed by atoms with van der Waals surface area (Å²) < 4.78 is 0. The van der Waals surface area contributed by atoms with Crippen LogP contribution in [0.1, 0.15) is 17.2 Å². The molecule has 1 aliphatic rings. The first-order valence-electron chi connectivity index (χ1n) is 4.45. The Morgan fingerprint density at radius 3 is 2.93 bits per heavy atom. The molecule has 0 spiro atoms. The zero-order valence-corrected chi connectivity index (χ0v) is 7.38. The molecule has 1 atom stereocenters. The predicted molar refractivity (Wildman–Crippen MR) is 51.5 cm³/mol. The van der Waals surface area contributed by atoms with E-state index in [-0.39, 0.29) is 0 Å². The molecule has 0 fully saturated rings. The summed E-state index contributed by atoms with van der Waals surface area (Å²) in [5, 5.41) is 9.95. The molecule has 1 unspecified atom stereocenters. The Balaban J connectivity index is 2.36. The second-order valence-corrected chi connectivity index (χ2v) is 3.32. The van der Waals surface area contributed by atoms with Gasteiger partial charge < -0.3 is 5.11 Å². The van der Waals surface area contributed by atoms with Crippen molar-refractivity contribution in [2.24, 2.45) is 0 Å². The largest absolute Gasteiger partial charge is 0.383 e. The molecule has 3 rings (SSSR count). The quantitative estimate of drug-likeness (QED) is 0.675. The average Bonchev–Trinajstić information content (AvgIpc) is 2.55. The van der Waals surface area contributed by atoms with Crippen LogP contribution in [0.15, 0.2) is 36.8 Å². The lowest BCUT2D eigenvalue weighted by atomic mass is 10.1. The van der Waals surface area contributed by atoms with Gasteiger partial charge in [-0.25, -0.2) is 9.97 Å². The Labute approximate surface area is 81.1 Å². The summed E-state index contributed by atoms with van der Waals surface area (Å²) in [6.07, 6.45) is 2.61. The summed E-state index contributed by atoms with van der Waals surface area (Å²) in [5.74, 6) is 0. The summed E-state index contributed by atoms with van der Waals surface area (Å²) in [6, 6.07) is 7.75. The van der Waals surface area contributed by atoms with Gasteiger partial charge in [0.1, 0.15) is 12.4 Å². The number of aromatic nitrogens is 2. The summed E-state index contributed by atoms with van der Waals surface area (Å²) in [5.41, 5.74) is 3.58. The van der Waals surface area contributed by atoms with Crippen LogP contribution >= 0.6 is 0 Å². The van der Waals surface area contributed by atoms with Crippen molar-refractivity contribution in [2.75, 3.05) is 0 Å². The van der Waals surface area contributed by atoms with E-state index in [9.17, 15) is 5.11 Å². The van der Waals surface area contributed by atoms with Crippen LogP contribution in [0.2, 0.25) is 0 Å². The summed E-state index contributed by atoms with van der Waals surface area (Å²) in [4.78, 5) is 8.10. The number of nitrogens with zero attached hydrogens (tertiary/aromatic N) is 2. The van der Waals surface area contributed by atoms with E-state index >= 15 is 0 Å². The molecule has 0 aliphatic heterocycles. The standard InChI is InChI=1S/C11H8N2O/c14-11-8-4-2-1-3-7(8)10-9(11)5-12-6-13-10/h1-6,11,14H. The molecule has 1 aromatic heterocycles. The summed E-state index contributed by atoms with van der Waals surface area (Å²) >= 11 is 0. The number of hydrogen-bond acceptors (Lipinski definition) is 3. The average molecular weight is 184 g/mol. The zero-order chi connectivity index (χ0) is 9.54. The van der Waals surface area contributed by atoms with Crippen LogP contribution in [-0.2, 0) is 0 Å². The molecule has 1 heterocycles. The van der Waals surface area contributed by atoms with Crippen LogP contribution in [0.5, 0.6) is 0 Å². The van der Waals surface area contributed by atoms with Crippen LogP contribution in [0.25, 0.3) is 11.3 Å². The van der Waals surface area contributed by atoms with E-state index in [1.807, 2.05) is 24.3 Å². The molecule has 1 aromatic carbocycles.